The van der Waals surface area contributed by atoms with Crippen molar-refractivity contribution in [1.82, 2.24) is 20.3 Å². The average Bonchev–Trinajstić information content (AvgIpc) is 2.86. The van der Waals surface area contributed by atoms with Crippen molar-refractivity contribution in [2.45, 2.75) is 39.4 Å². The summed E-state index contributed by atoms with van der Waals surface area (Å²) >= 11 is 0. The fraction of sp³-hybridized carbons (Fsp3) is 0.786. The molecule has 1 aliphatic rings. The van der Waals surface area contributed by atoms with Crippen LogP contribution in [0.1, 0.15) is 31.7 Å². The lowest BCUT2D eigenvalue weighted by molar-refractivity contribution is 0.0819. The number of nitrogens with zero attached hydrogens (tertiary/aromatic N) is 3. The third kappa shape index (κ3) is 4.03. The molecular formula is C14H26N4O. The Kier molecular flexibility index (Phi) is 5.36. The summed E-state index contributed by atoms with van der Waals surface area (Å²) in [5.41, 5.74) is 0.998. The Bertz CT molecular complexity index is 379. The maximum absolute atomic E-state index is 5.41. The largest absolute Gasteiger partial charge is 0.360 e. The van der Waals surface area contributed by atoms with Crippen LogP contribution < -0.4 is 5.32 Å². The molecule has 1 unspecified atom stereocenters. The molecule has 1 aromatic heterocycles. The number of aromatic nitrogens is 1. The summed E-state index contributed by atoms with van der Waals surface area (Å²) < 4.78 is 5.41. The summed E-state index contributed by atoms with van der Waals surface area (Å²) in [6.07, 6.45) is 1.20. The molecule has 0 amide bonds. The fourth-order valence-corrected chi connectivity index (χ4v) is 2.58. The van der Waals surface area contributed by atoms with Gasteiger partial charge in [0.25, 0.3) is 0 Å². The lowest BCUT2D eigenvalue weighted by atomic mass is 10.1. The normalized spacial score (nSPS) is 21.9. The van der Waals surface area contributed by atoms with E-state index < -0.39 is 0 Å². The molecule has 0 spiro atoms. The van der Waals surface area contributed by atoms with Crippen molar-refractivity contribution in [3.05, 3.63) is 17.5 Å². The molecule has 0 saturated carbocycles. The van der Waals surface area contributed by atoms with E-state index in [1.807, 2.05) is 0 Å². The summed E-state index contributed by atoms with van der Waals surface area (Å²) in [6.45, 7) is 10.3. The molecule has 1 aliphatic heterocycles. The van der Waals surface area contributed by atoms with E-state index in [1.165, 1.54) is 6.42 Å². The molecule has 1 aromatic rings. The number of nitrogens with one attached hydrogen (secondary N) is 1. The molecule has 1 fully saturated rings. The lowest BCUT2D eigenvalue weighted by Crippen LogP contribution is -2.50. The van der Waals surface area contributed by atoms with E-state index in [1.54, 1.807) is 0 Å². The molecule has 1 N–H and O–H groups in total. The Hall–Kier alpha value is -0.910. The van der Waals surface area contributed by atoms with Crippen LogP contribution in [0.25, 0.3) is 0 Å². The maximum Gasteiger partial charge on any atom is 0.151 e. The molecule has 0 aromatic carbocycles. The first-order valence-corrected chi connectivity index (χ1v) is 7.30. The van der Waals surface area contributed by atoms with Gasteiger partial charge in [-0.25, -0.2) is 0 Å². The van der Waals surface area contributed by atoms with Crippen molar-refractivity contribution in [1.29, 1.82) is 0 Å². The van der Waals surface area contributed by atoms with Gasteiger partial charge in [-0.05, 0) is 20.0 Å². The Morgan fingerprint density at radius 2 is 2.26 bits per heavy atom. The molecule has 1 saturated heterocycles. The highest BCUT2D eigenvalue weighted by molar-refractivity contribution is 5.05. The summed E-state index contributed by atoms with van der Waals surface area (Å²) in [5, 5.41) is 7.36. The summed E-state index contributed by atoms with van der Waals surface area (Å²) in [5.74, 6) is 0.979. The van der Waals surface area contributed by atoms with Gasteiger partial charge in [-0.2, -0.15) is 0 Å². The van der Waals surface area contributed by atoms with Crippen molar-refractivity contribution in [2.75, 3.05) is 33.2 Å². The van der Waals surface area contributed by atoms with Crippen molar-refractivity contribution in [2.24, 2.45) is 0 Å². The van der Waals surface area contributed by atoms with Gasteiger partial charge >= 0.3 is 0 Å². The minimum Gasteiger partial charge on any atom is -0.360 e. The van der Waals surface area contributed by atoms with E-state index in [0.717, 1.165) is 50.7 Å². The Morgan fingerprint density at radius 3 is 3.00 bits per heavy atom. The molecular weight excluding hydrogens is 240 g/mol. The third-order valence-electron chi connectivity index (χ3n) is 3.88. The van der Waals surface area contributed by atoms with Gasteiger partial charge in [0, 0.05) is 38.3 Å². The van der Waals surface area contributed by atoms with Gasteiger partial charge < -0.3 is 14.7 Å². The molecule has 2 rings (SSSR count). The number of hydrogen-bond acceptors (Lipinski definition) is 5. The van der Waals surface area contributed by atoms with Crippen LogP contribution in [0.3, 0.4) is 0 Å². The van der Waals surface area contributed by atoms with E-state index >= 15 is 0 Å². The minimum absolute atomic E-state index is 0.665. The first-order chi connectivity index (χ1) is 9.22. The van der Waals surface area contributed by atoms with Crippen LogP contribution in [0.2, 0.25) is 0 Å². The second kappa shape index (κ2) is 7.03. The molecule has 0 bridgehead atoms. The lowest BCUT2D eigenvalue weighted by Gasteiger charge is -2.38. The third-order valence-corrected chi connectivity index (χ3v) is 3.88. The molecule has 19 heavy (non-hydrogen) atoms. The van der Waals surface area contributed by atoms with Crippen molar-refractivity contribution >= 4 is 0 Å². The average molecular weight is 266 g/mol. The Morgan fingerprint density at radius 1 is 1.42 bits per heavy atom. The SMILES string of the molecule is CCNCc1cc(CN2CCN(C)C(CC)C2)on1. The van der Waals surface area contributed by atoms with E-state index in [-0.39, 0.29) is 0 Å². The maximum atomic E-state index is 5.41. The number of likely N-dealkylation sites (N-methyl/N-ethyl adjacent to an activating group) is 1. The molecule has 2 heterocycles. The first-order valence-electron chi connectivity index (χ1n) is 7.30. The topological polar surface area (TPSA) is 44.5 Å². The van der Waals surface area contributed by atoms with Crippen LogP contribution in [0.15, 0.2) is 10.6 Å². The number of piperazine rings is 1. The van der Waals surface area contributed by atoms with E-state index in [9.17, 15) is 0 Å². The molecule has 1 atom stereocenters. The van der Waals surface area contributed by atoms with Crippen LogP contribution in [0.5, 0.6) is 0 Å². The Labute approximate surface area is 115 Å². The van der Waals surface area contributed by atoms with Gasteiger partial charge in [0.2, 0.25) is 0 Å². The predicted octanol–water partition coefficient (Wildman–Crippen LogP) is 1.31. The molecule has 0 radical (unpaired) electrons. The zero-order valence-electron chi connectivity index (χ0n) is 12.4. The minimum atomic E-state index is 0.665. The van der Waals surface area contributed by atoms with Crippen LogP contribution in [0.4, 0.5) is 0 Å². The van der Waals surface area contributed by atoms with Crippen LogP contribution in [-0.2, 0) is 13.1 Å². The molecule has 108 valence electrons. The molecule has 0 aliphatic carbocycles. The zero-order chi connectivity index (χ0) is 13.7. The quantitative estimate of drug-likeness (QED) is 0.841. The Balaban J connectivity index is 1.85. The highest BCUT2D eigenvalue weighted by Crippen LogP contribution is 2.14. The fourth-order valence-electron chi connectivity index (χ4n) is 2.58. The van der Waals surface area contributed by atoms with E-state index in [2.05, 4.69) is 47.2 Å². The molecule has 5 nitrogen and oxygen atoms in total. The number of rotatable bonds is 6. The standard InChI is InChI=1S/C14H26N4O/c1-4-13-10-18(7-6-17(13)3)11-14-8-12(16-19-14)9-15-5-2/h8,13,15H,4-7,9-11H2,1-3H3. The van der Waals surface area contributed by atoms with E-state index in [0.29, 0.717) is 6.04 Å². The van der Waals surface area contributed by atoms with Crippen LogP contribution in [0, 0.1) is 0 Å². The zero-order valence-corrected chi connectivity index (χ0v) is 12.4. The summed E-state index contributed by atoms with van der Waals surface area (Å²) in [7, 11) is 2.22. The van der Waals surface area contributed by atoms with Crippen LogP contribution >= 0.6 is 0 Å². The van der Waals surface area contributed by atoms with Crippen molar-refractivity contribution < 1.29 is 4.52 Å². The summed E-state index contributed by atoms with van der Waals surface area (Å²) in [4.78, 5) is 4.92. The van der Waals surface area contributed by atoms with Gasteiger partial charge in [0.1, 0.15) is 0 Å². The van der Waals surface area contributed by atoms with Gasteiger partial charge in [-0.15, -0.1) is 0 Å². The second-order valence-corrected chi connectivity index (χ2v) is 5.34. The van der Waals surface area contributed by atoms with Gasteiger partial charge in [-0.3, -0.25) is 4.90 Å². The highest BCUT2D eigenvalue weighted by Gasteiger charge is 2.23. The molecule has 5 heteroatoms. The van der Waals surface area contributed by atoms with Gasteiger partial charge in [-0.1, -0.05) is 19.0 Å². The highest BCUT2D eigenvalue weighted by atomic mass is 16.5. The summed E-state index contributed by atoms with van der Waals surface area (Å²) in [6, 6.07) is 2.74. The van der Waals surface area contributed by atoms with E-state index in [4.69, 9.17) is 4.52 Å². The first kappa shape index (κ1) is 14.5. The second-order valence-electron chi connectivity index (χ2n) is 5.34. The van der Waals surface area contributed by atoms with Gasteiger partial charge in [0.05, 0.1) is 12.2 Å². The van der Waals surface area contributed by atoms with Crippen molar-refractivity contribution in [3.63, 3.8) is 0 Å². The van der Waals surface area contributed by atoms with Gasteiger partial charge in [0.15, 0.2) is 5.76 Å². The van der Waals surface area contributed by atoms with Crippen LogP contribution in [-0.4, -0.2) is 54.2 Å². The van der Waals surface area contributed by atoms with Crippen molar-refractivity contribution in [3.8, 4) is 0 Å². The smallest absolute Gasteiger partial charge is 0.151 e. The number of hydrogen-bond donors (Lipinski definition) is 1. The predicted molar refractivity (Wildman–Crippen MR) is 75.9 cm³/mol. The monoisotopic (exact) mass is 266 g/mol.